The Morgan fingerprint density at radius 2 is 1.82 bits per heavy atom. The Morgan fingerprint density at radius 1 is 1.05 bits per heavy atom. The van der Waals surface area contributed by atoms with E-state index in [0.29, 0.717) is 29.7 Å². The van der Waals surface area contributed by atoms with Gasteiger partial charge in [-0.3, -0.25) is 0 Å². The third kappa shape index (κ3) is 3.35. The predicted octanol–water partition coefficient (Wildman–Crippen LogP) is 2.59. The predicted molar refractivity (Wildman–Crippen MR) is 82.9 cm³/mol. The summed E-state index contributed by atoms with van der Waals surface area (Å²) in [6.45, 7) is 1.17. The van der Waals surface area contributed by atoms with Gasteiger partial charge in [0.2, 0.25) is 10.0 Å². The maximum Gasteiger partial charge on any atom is 0.240 e. The lowest BCUT2D eigenvalue weighted by Gasteiger charge is -2.19. The van der Waals surface area contributed by atoms with Gasteiger partial charge in [0, 0.05) is 11.6 Å². The van der Waals surface area contributed by atoms with E-state index in [2.05, 4.69) is 4.72 Å². The van der Waals surface area contributed by atoms with Crippen molar-refractivity contribution >= 4 is 21.6 Å². The average molecular weight is 340 g/mol. The molecule has 0 saturated heterocycles. The van der Waals surface area contributed by atoms with Gasteiger partial charge in [-0.15, -0.1) is 0 Å². The molecule has 1 aliphatic heterocycles. The molecule has 7 heteroatoms. The minimum Gasteiger partial charge on any atom is -0.486 e. The third-order valence-corrected chi connectivity index (χ3v) is 4.81. The Bertz CT molecular complexity index is 792. The highest BCUT2D eigenvalue weighted by molar-refractivity contribution is 7.89. The number of fused-ring (bicyclic) bond motifs is 1. The second-order valence-electron chi connectivity index (χ2n) is 4.76. The first kappa shape index (κ1) is 15.1. The van der Waals surface area contributed by atoms with E-state index in [1.165, 1.54) is 12.1 Å². The third-order valence-electron chi connectivity index (χ3n) is 3.18. The lowest BCUT2D eigenvalue weighted by atomic mass is 10.2. The Hall–Kier alpha value is -1.76. The Morgan fingerprint density at radius 3 is 2.59 bits per heavy atom. The van der Waals surface area contributed by atoms with Gasteiger partial charge in [-0.2, -0.15) is 0 Å². The second-order valence-corrected chi connectivity index (χ2v) is 6.96. The molecule has 0 saturated carbocycles. The molecular formula is C15H14ClNO4S. The maximum atomic E-state index is 12.2. The summed E-state index contributed by atoms with van der Waals surface area (Å²) in [6.07, 6.45) is 0. The monoisotopic (exact) mass is 339 g/mol. The van der Waals surface area contributed by atoms with E-state index >= 15 is 0 Å². The fraction of sp³-hybridized carbons (Fsp3) is 0.200. The molecule has 2 aromatic carbocycles. The molecule has 0 amide bonds. The fourth-order valence-electron chi connectivity index (χ4n) is 2.09. The molecule has 0 aliphatic carbocycles. The van der Waals surface area contributed by atoms with Gasteiger partial charge in [-0.05, 0) is 35.9 Å². The van der Waals surface area contributed by atoms with Crippen molar-refractivity contribution in [3.05, 3.63) is 53.1 Å². The molecule has 0 unspecified atom stereocenters. The van der Waals surface area contributed by atoms with Crippen molar-refractivity contribution in [2.75, 3.05) is 13.2 Å². The van der Waals surface area contributed by atoms with Crippen LogP contribution in [0.25, 0.3) is 0 Å². The number of benzene rings is 2. The molecule has 0 aromatic heterocycles. The summed E-state index contributed by atoms with van der Waals surface area (Å²) in [6, 6.07) is 11.5. The van der Waals surface area contributed by atoms with Crippen molar-refractivity contribution in [1.29, 1.82) is 0 Å². The van der Waals surface area contributed by atoms with Gasteiger partial charge in [0.15, 0.2) is 11.5 Å². The summed E-state index contributed by atoms with van der Waals surface area (Å²) in [5.41, 5.74) is 0.787. The van der Waals surface area contributed by atoms with Crippen molar-refractivity contribution in [3.8, 4) is 11.5 Å². The van der Waals surface area contributed by atoms with E-state index < -0.39 is 10.0 Å². The Kier molecular flexibility index (Phi) is 4.24. The highest BCUT2D eigenvalue weighted by Gasteiger charge is 2.16. The molecular weight excluding hydrogens is 326 g/mol. The van der Waals surface area contributed by atoms with Crippen molar-refractivity contribution in [2.24, 2.45) is 0 Å². The smallest absolute Gasteiger partial charge is 0.240 e. The summed E-state index contributed by atoms with van der Waals surface area (Å²) < 4.78 is 37.9. The largest absolute Gasteiger partial charge is 0.486 e. The molecule has 22 heavy (non-hydrogen) atoms. The minimum atomic E-state index is -3.61. The molecule has 0 fully saturated rings. The summed E-state index contributed by atoms with van der Waals surface area (Å²) in [7, 11) is -3.61. The quantitative estimate of drug-likeness (QED) is 0.930. The number of ether oxygens (including phenoxy) is 2. The van der Waals surface area contributed by atoms with Crippen LogP contribution in [0.2, 0.25) is 5.02 Å². The SMILES string of the molecule is O=S(=O)(NCc1ccc2c(c1)OCCO2)c1cccc(Cl)c1. The molecule has 0 bridgehead atoms. The van der Waals surface area contributed by atoms with Gasteiger partial charge in [0.1, 0.15) is 13.2 Å². The lowest BCUT2D eigenvalue weighted by molar-refractivity contribution is 0.171. The summed E-state index contributed by atoms with van der Waals surface area (Å²) >= 11 is 5.82. The summed E-state index contributed by atoms with van der Waals surface area (Å²) in [5, 5.41) is 0.377. The standard InChI is InChI=1S/C15H14ClNO4S/c16-12-2-1-3-13(9-12)22(18,19)17-10-11-4-5-14-15(8-11)21-7-6-20-14/h1-5,8-9,17H,6-7,10H2. The van der Waals surface area contributed by atoms with Crippen molar-refractivity contribution in [1.82, 2.24) is 4.72 Å². The molecule has 1 heterocycles. The average Bonchev–Trinajstić information content (AvgIpc) is 2.53. The van der Waals surface area contributed by atoms with Crippen LogP contribution in [0.1, 0.15) is 5.56 Å². The number of hydrogen-bond acceptors (Lipinski definition) is 4. The van der Waals surface area contributed by atoms with Gasteiger partial charge in [-0.1, -0.05) is 23.7 Å². The molecule has 116 valence electrons. The van der Waals surface area contributed by atoms with Crippen LogP contribution >= 0.6 is 11.6 Å². The van der Waals surface area contributed by atoms with Crippen LogP contribution in [-0.2, 0) is 16.6 Å². The first-order chi connectivity index (χ1) is 10.5. The van der Waals surface area contributed by atoms with Gasteiger partial charge >= 0.3 is 0 Å². The number of hydrogen-bond donors (Lipinski definition) is 1. The number of rotatable bonds is 4. The van der Waals surface area contributed by atoms with Crippen molar-refractivity contribution < 1.29 is 17.9 Å². The van der Waals surface area contributed by atoms with E-state index in [0.717, 1.165) is 5.56 Å². The molecule has 1 N–H and O–H groups in total. The van der Waals surface area contributed by atoms with E-state index in [1.54, 1.807) is 30.3 Å². The van der Waals surface area contributed by atoms with Crippen LogP contribution in [0.3, 0.4) is 0 Å². The van der Waals surface area contributed by atoms with Crippen molar-refractivity contribution in [2.45, 2.75) is 11.4 Å². The molecule has 0 spiro atoms. The van der Waals surface area contributed by atoms with Crippen LogP contribution in [0.4, 0.5) is 0 Å². The van der Waals surface area contributed by atoms with Crippen LogP contribution < -0.4 is 14.2 Å². The van der Waals surface area contributed by atoms with Gasteiger partial charge in [0.05, 0.1) is 4.90 Å². The topological polar surface area (TPSA) is 64.6 Å². The molecule has 0 atom stereocenters. The van der Waals surface area contributed by atoms with Crippen LogP contribution in [0.15, 0.2) is 47.4 Å². The Balaban J connectivity index is 1.74. The summed E-state index contributed by atoms with van der Waals surface area (Å²) in [5.74, 6) is 1.30. The zero-order valence-electron chi connectivity index (χ0n) is 11.6. The van der Waals surface area contributed by atoms with Gasteiger partial charge < -0.3 is 9.47 Å². The van der Waals surface area contributed by atoms with Gasteiger partial charge in [-0.25, -0.2) is 13.1 Å². The minimum absolute atomic E-state index is 0.137. The van der Waals surface area contributed by atoms with E-state index in [-0.39, 0.29) is 11.4 Å². The zero-order valence-corrected chi connectivity index (χ0v) is 13.2. The van der Waals surface area contributed by atoms with E-state index in [9.17, 15) is 8.42 Å². The van der Waals surface area contributed by atoms with Crippen LogP contribution in [-0.4, -0.2) is 21.6 Å². The molecule has 3 rings (SSSR count). The zero-order chi connectivity index (χ0) is 15.6. The number of sulfonamides is 1. The van der Waals surface area contributed by atoms with E-state index in [1.807, 2.05) is 0 Å². The highest BCUT2D eigenvalue weighted by atomic mass is 35.5. The van der Waals surface area contributed by atoms with Gasteiger partial charge in [0.25, 0.3) is 0 Å². The maximum absolute atomic E-state index is 12.2. The van der Waals surface area contributed by atoms with Crippen LogP contribution in [0.5, 0.6) is 11.5 Å². The summed E-state index contributed by atoms with van der Waals surface area (Å²) in [4.78, 5) is 0.137. The molecule has 1 aliphatic rings. The van der Waals surface area contributed by atoms with Crippen molar-refractivity contribution in [3.63, 3.8) is 0 Å². The lowest BCUT2D eigenvalue weighted by Crippen LogP contribution is -2.23. The number of nitrogens with one attached hydrogen (secondary N) is 1. The molecule has 2 aromatic rings. The van der Waals surface area contributed by atoms with Crippen LogP contribution in [0, 0.1) is 0 Å². The highest BCUT2D eigenvalue weighted by Crippen LogP contribution is 2.30. The fourth-order valence-corrected chi connectivity index (χ4v) is 3.41. The molecule has 5 nitrogen and oxygen atoms in total. The Labute approximate surface area is 133 Å². The first-order valence-electron chi connectivity index (χ1n) is 6.68. The normalized spacial score (nSPS) is 13.9. The first-order valence-corrected chi connectivity index (χ1v) is 8.54. The number of halogens is 1. The second kappa shape index (κ2) is 6.16. The molecule has 0 radical (unpaired) electrons. The van der Waals surface area contributed by atoms with E-state index in [4.69, 9.17) is 21.1 Å².